The second-order valence-corrected chi connectivity index (χ2v) is 15.8. The summed E-state index contributed by atoms with van der Waals surface area (Å²) in [5.41, 5.74) is 0. The molecule has 0 spiro atoms. The number of hydrogen-bond acceptors (Lipinski definition) is 2. The zero-order valence-electron chi connectivity index (χ0n) is 16.3. The van der Waals surface area contributed by atoms with Gasteiger partial charge in [0.2, 0.25) is 0 Å². The van der Waals surface area contributed by atoms with E-state index in [1.54, 1.807) is 0 Å². The van der Waals surface area contributed by atoms with E-state index in [-0.39, 0.29) is 0 Å². The summed E-state index contributed by atoms with van der Waals surface area (Å²) in [4.78, 5) is 0. The fourth-order valence-electron chi connectivity index (χ4n) is 3.29. The van der Waals surface area contributed by atoms with Gasteiger partial charge in [-0.15, -0.1) is 0 Å². The molecule has 0 amide bonds. The number of rotatable bonds is 15. The second-order valence-electron chi connectivity index (χ2n) is 6.68. The van der Waals surface area contributed by atoms with Crippen LogP contribution < -0.4 is 0 Å². The monoisotopic (exact) mass is 346 g/mol. The standard InChI is InChI=1S/C18H42O2Si2/c1-7-15-19-21(9-3,10-4)17-13-14-18-22(11-5,12-6)20-16-8-2/h7-18H2,1-6H3. The van der Waals surface area contributed by atoms with Crippen molar-refractivity contribution in [3.8, 4) is 0 Å². The van der Waals surface area contributed by atoms with Crippen molar-refractivity contribution in [3.63, 3.8) is 0 Å². The lowest BCUT2D eigenvalue weighted by molar-refractivity contribution is 0.293. The van der Waals surface area contributed by atoms with Gasteiger partial charge in [-0.2, -0.15) is 0 Å². The molecule has 0 N–H and O–H groups in total. The summed E-state index contributed by atoms with van der Waals surface area (Å²) < 4.78 is 12.7. The van der Waals surface area contributed by atoms with Crippen molar-refractivity contribution in [2.45, 2.75) is 103 Å². The van der Waals surface area contributed by atoms with Crippen LogP contribution in [0.5, 0.6) is 0 Å². The van der Waals surface area contributed by atoms with Crippen LogP contribution in [0.15, 0.2) is 0 Å². The van der Waals surface area contributed by atoms with Gasteiger partial charge in [-0.25, -0.2) is 0 Å². The molecule has 4 heteroatoms. The molecule has 0 atom stereocenters. The van der Waals surface area contributed by atoms with Crippen molar-refractivity contribution in [1.82, 2.24) is 0 Å². The van der Waals surface area contributed by atoms with Crippen molar-refractivity contribution in [2.75, 3.05) is 13.2 Å². The molecule has 2 nitrogen and oxygen atoms in total. The third-order valence-electron chi connectivity index (χ3n) is 5.32. The molecule has 0 aliphatic rings. The van der Waals surface area contributed by atoms with Gasteiger partial charge in [-0.05, 0) is 49.1 Å². The second kappa shape index (κ2) is 12.7. The van der Waals surface area contributed by atoms with Gasteiger partial charge in [-0.3, -0.25) is 0 Å². The molecule has 0 radical (unpaired) electrons. The SMILES string of the molecule is CCCO[Si](CC)(CC)CCCC[Si](CC)(CC)OCCC. The molecule has 22 heavy (non-hydrogen) atoms. The maximum atomic E-state index is 6.35. The van der Waals surface area contributed by atoms with E-state index in [0.717, 1.165) is 26.1 Å². The predicted octanol–water partition coefficient (Wildman–Crippen LogP) is 6.59. The maximum Gasteiger partial charge on any atom is 0.192 e. The lowest BCUT2D eigenvalue weighted by Gasteiger charge is -2.31. The molecule has 0 saturated heterocycles. The molecule has 0 aromatic carbocycles. The van der Waals surface area contributed by atoms with E-state index in [1.807, 2.05) is 0 Å². The third-order valence-corrected chi connectivity index (χ3v) is 14.6. The van der Waals surface area contributed by atoms with Gasteiger partial charge >= 0.3 is 0 Å². The lowest BCUT2D eigenvalue weighted by Crippen LogP contribution is -2.38. The van der Waals surface area contributed by atoms with Gasteiger partial charge in [0.05, 0.1) is 0 Å². The minimum absolute atomic E-state index is 0.968. The van der Waals surface area contributed by atoms with Crippen LogP contribution in [0.1, 0.15) is 67.2 Å². The first kappa shape index (κ1) is 22.4. The van der Waals surface area contributed by atoms with Crippen molar-refractivity contribution >= 4 is 16.6 Å². The molecule has 0 fully saturated rings. The molecule has 0 aliphatic heterocycles. The summed E-state index contributed by atoms with van der Waals surface area (Å²) in [5, 5.41) is 0. The highest BCUT2D eigenvalue weighted by Crippen LogP contribution is 2.29. The molecule has 0 heterocycles. The quantitative estimate of drug-likeness (QED) is 0.246. The Balaban J connectivity index is 4.34. The van der Waals surface area contributed by atoms with Crippen LogP contribution in [0.2, 0.25) is 36.3 Å². The summed E-state index contributed by atoms with van der Waals surface area (Å²) in [6, 6.07) is 7.82. The predicted molar refractivity (Wildman–Crippen MR) is 105 cm³/mol. The molecule has 134 valence electrons. The van der Waals surface area contributed by atoms with E-state index < -0.39 is 16.6 Å². The first-order valence-corrected chi connectivity index (χ1v) is 14.9. The Bertz CT molecular complexity index is 225. The number of unbranched alkanes of at least 4 members (excludes halogenated alkanes) is 1. The smallest absolute Gasteiger partial charge is 0.192 e. The zero-order valence-corrected chi connectivity index (χ0v) is 18.3. The van der Waals surface area contributed by atoms with Crippen LogP contribution in [-0.4, -0.2) is 29.8 Å². The largest absolute Gasteiger partial charge is 0.417 e. The van der Waals surface area contributed by atoms with Crippen LogP contribution in [0.4, 0.5) is 0 Å². The summed E-state index contributed by atoms with van der Waals surface area (Å²) in [7, 11) is -2.86. The van der Waals surface area contributed by atoms with Crippen molar-refractivity contribution in [3.05, 3.63) is 0 Å². The minimum Gasteiger partial charge on any atom is -0.417 e. The molecule has 0 rings (SSSR count). The van der Waals surface area contributed by atoms with Crippen LogP contribution in [-0.2, 0) is 8.85 Å². The van der Waals surface area contributed by atoms with E-state index in [4.69, 9.17) is 8.85 Å². The summed E-state index contributed by atoms with van der Waals surface area (Å²) in [5.74, 6) is 0. The minimum atomic E-state index is -1.43. The fraction of sp³-hybridized carbons (Fsp3) is 1.00. The lowest BCUT2D eigenvalue weighted by atomic mass is 10.4. The van der Waals surface area contributed by atoms with Crippen LogP contribution >= 0.6 is 0 Å². The Kier molecular flexibility index (Phi) is 12.9. The summed E-state index contributed by atoms with van der Waals surface area (Å²) in [6.07, 6.45) is 5.01. The maximum absolute atomic E-state index is 6.35. The average molecular weight is 347 g/mol. The molecule has 0 aliphatic carbocycles. The van der Waals surface area contributed by atoms with E-state index in [2.05, 4.69) is 41.5 Å². The van der Waals surface area contributed by atoms with E-state index in [0.29, 0.717) is 0 Å². The Hall–Kier alpha value is 0.354. The van der Waals surface area contributed by atoms with Crippen molar-refractivity contribution < 1.29 is 8.85 Å². The average Bonchev–Trinajstić information content (AvgIpc) is 2.58. The van der Waals surface area contributed by atoms with Crippen molar-refractivity contribution in [2.24, 2.45) is 0 Å². The van der Waals surface area contributed by atoms with Crippen LogP contribution in [0.25, 0.3) is 0 Å². The molecule has 0 unspecified atom stereocenters. The van der Waals surface area contributed by atoms with Gasteiger partial charge in [0.15, 0.2) is 16.6 Å². The normalized spacial score (nSPS) is 12.8. The van der Waals surface area contributed by atoms with Crippen LogP contribution in [0, 0.1) is 0 Å². The zero-order chi connectivity index (χ0) is 16.9. The van der Waals surface area contributed by atoms with Crippen LogP contribution in [0.3, 0.4) is 0 Å². The topological polar surface area (TPSA) is 18.5 Å². The van der Waals surface area contributed by atoms with E-state index in [9.17, 15) is 0 Å². The van der Waals surface area contributed by atoms with Gasteiger partial charge in [0.25, 0.3) is 0 Å². The van der Waals surface area contributed by atoms with E-state index >= 15 is 0 Å². The molecule has 0 bridgehead atoms. The first-order chi connectivity index (χ1) is 10.6. The van der Waals surface area contributed by atoms with Gasteiger partial charge < -0.3 is 8.85 Å². The Morgan fingerprint density at radius 3 is 1.09 bits per heavy atom. The van der Waals surface area contributed by atoms with Gasteiger partial charge in [0, 0.05) is 13.2 Å². The van der Waals surface area contributed by atoms with E-state index in [1.165, 1.54) is 49.1 Å². The van der Waals surface area contributed by atoms with Gasteiger partial charge in [0.1, 0.15) is 0 Å². The highest BCUT2D eigenvalue weighted by Gasteiger charge is 2.32. The molecular formula is C18H42O2Si2. The van der Waals surface area contributed by atoms with Gasteiger partial charge in [-0.1, -0.05) is 54.4 Å². The highest BCUT2D eigenvalue weighted by molar-refractivity contribution is 6.74. The summed E-state index contributed by atoms with van der Waals surface area (Å²) >= 11 is 0. The third kappa shape index (κ3) is 7.76. The first-order valence-electron chi connectivity index (χ1n) is 9.85. The Labute approximate surface area is 142 Å². The molecule has 0 saturated carbocycles. The summed E-state index contributed by atoms with van der Waals surface area (Å²) in [6.45, 7) is 15.7. The molecular weight excluding hydrogens is 304 g/mol. The molecule has 0 aromatic heterocycles. The van der Waals surface area contributed by atoms with Crippen molar-refractivity contribution in [1.29, 1.82) is 0 Å². The fourth-order valence-corrected chi connectivity index (χ4v) is 9.87. The number of hydrogen-bond donors (Lipinski definition) is 0. The Morgan fingerprint density at radius 1 is 0.545 bits per heavy atom. The highest BCUT2D eigenvalue weighted by atomic mass is 28.4. The molecule has 0 aromatic rings. The Morgan fingerprint density at radius 2 is 0.864 bits per heavy atom.